The minimum Gasteiger partial charge on any atom is -0.391 e. The van der Waals surface area contributed by atoms with Gasteiger partial charge in [0.2, 0.25) is 0 Å². The fourth-order valence-corrected chi connectivity index (χ4v) is 2.42. The molecule has 0 aromatic carbocycles. The first kappa shape index (κ1) is 14.9. The molecule has 0 spiro atoms. The second kappa shape index (κ2) is 4.50. The average Bonchev–Trinajstić information content (AvgIpc) is 2.09. The first-order chi connectivity index (χ1) is 7.47. The van der Waals surface area contributed by atoms with Crippen LogP contribution in [0.2, 0.25) is 0 Å². The van der Waals surface area contributed by atoms with Gasteiger partial charge in [-0.15, -0.1) is 0 Å². The number of piperidine rings is 1. The van der Waals surface area contributed by atoms with Crippen molar-refractivity contribution in [2.24, 2.45) is 0 Å². The van der Waals surface area contributed by atoms with Crippen molar-refractivity contribution in [2.45, 2.75) is 77.2 Å². The number of rotatable bonds is 3. The molecule has 0 aromatic heterocycles. The van der Waals surface area contributed by atoms with Crippen molar-refractivity contribution in [1.82, 2.24) is 5.06 Å². The molecule has 1 atom stereocenters. The molecule has 1 fully saturated rings. The highest BCUT2D eigenvalue weighted by molar-refractivity contribution is 4.98. The Morgan fingerprint density at radius 2 is 1.82 bits per heavy atom. The van der Waals surface area contributed by atoms with E-state index < -0.39 is 17.2 Å². The van der Waals surface area contributed by atoms with Crippen molar-refractivity contribution in [1.29, 1.82) is 0 Å². The van der Waals surface area contributed by atoms with Crippen LogP contribution in [0.3, 0.4) is 0 Å². The Morgan fingerprint density at radius 1 is 1.29 bits per heavy atom. The number of aliphatic hydroxyl groups is 2. The van der Waals surface area contributed by atoms with Gasteiger partial charge in [-0.05, 0) is 54.4 Å². The van der Waals surface area contributed by atoms with Gasteiger partial charge in [0.05, 0.1) is 23.9 Å². The Morgan fingerprint density at radius 3 is 2.29 bits per heavy atom. The summed E-state index contributed by atoms with van der Waals surface area (Å²) >= 11 is 0. The van der Waals surface area contributed by atoms with Crippen LogP contribution in [0, 0.1) is 0 Å². The van der Waals surface area contributed by atoms with Crippen LogP contribution in [0.4, 0.5) is 0 Å². The molecule has 0 bridgehead atoms. The lowest BCUT2D eigenvalue weighted by atomic mass is 9.80. The highest BCUT2D eigenvalue weighted by Gasteiger charge is 2.48. The highest BCUT2D eigenvalue weighted by Crippen LogP contribution is 2.38. The largest absolute Gasteiger partial charge is 0.391 e. The van der Waals surface area contributed by atoms with E-state index in [4.69, 9.17) is 4.84 Å². The fraction of sp³-hybridized carbons (Fsp3) is 1.00. The van der Waals surface area contributed by atoms with Crippen LogP contribution >= 0.6 is 0 Å². The number of hydrogen-bond acceptors (Lipinski definition) is 4. The number of aliphatic hydroxyl groups excluding tert-OH is 1. The van der Waals surface area contributed by atoms with Gasteiger partial charge in [0.15, 0.2) is 0 Å². The summed E-state index contributed by atoms with van der Waals surface area (Å²) in [5.74, 6) is 0. The third kappa shape index (κ3) is 3.41. The predicted molar refractivity (Wildman–Crippen MR) is 67.5 cm³/mol. The zero-order valence-corrected chi connectivity index (χ0v) is 11.9. The van der Waals surface area contributed by atoms with Gasteiger partial charge in [-0.25, -0.2) is 0 Å². The molecule has 17 heavy (non-hydrogen) atoms. The summed E-state index contributed by atoms with van der Waals surface area (Å²) in [5, 5.41) is 21.7. The Bertz CT molecular complexity index is 268. The molecule has 1 aliphatic rings. The molecule has 4 heteroatoms. The quantitative estimate of drug-likeness (QED) is 0.794. The molecule has 4 nitrogen and oxygen atoms in total. The number of nitrogens with zero attached hydrogens (tertiary/aromatic N) is 1. The van der Waals surface area contributed by atoms with Crippen LogP contribution in [-0.4, -0.2) is 44.7 Å². The predicted octanol–water partition coefficient (Wildman–Crippen LogP) is 1.70. The molecule has 1 aliphatic heterocycles. The maximum Gasteiger partial charge on any atom is 0.0967 e. The summed E-state index contributed by atoms with van der Waals surface area (Å²) in [4.78, 5) is 5.77. The van der Waals surface area contributed by atoms with Gasteiger partial charge in [-0.2, -0.15) is 5.06 Å². The average molecular weight is 245 g/mol. The van der Waals surface area contributed by atoms with Crippen LogP contribution in [0.1, 0.15) is 54.4 Å². The molecule has 1 unspecified atom stereocenters. The SMILES string of the molecule is CC(C)(O)CON1C(C)(C)CCC(O)C1(C)C. The van der Waals surface area contributed by atoms with Crippen molar-refractivity contribution in [3.05, 3.63) is 0 Å². The van der Waals surface area contributed by atoms with Gasteiger partial charge in [-0.1, -0.05) is 0 Å². The molecule has 1 saturated heterocycles. The standard InChI is InChI=1S/C13H27NO3/c1-11(2)8-7-10(15)13(5,6)14(11)17-9-12(3,4)16/h10,15-16H,7-9H2,1-6H3. The summed E-state index contributed by atoms with van der Waals surface area (Å²) in [5.41, 5.74) is -1.43. The van der Waals surface area contributed by atoms with Crippen molar-refractivity contribution >= 4 is 0 Å². The summed E-state index contributed by atoms with van der Waals surface area (Å²) in [6, 6.07) is 0. The number of hydrogen-bond donors (Lipinski definition) is 2. The maximum absolute atomic E-state index is 10.1. The fourth-order valence-electron chi connectivity index (χ4n) is 2.42. The Kier molecular flexibility index (Phi) is 3.94. The van der Waals surface area contributed by atoms with Gasteiger partial charge in [0.25, 0.3) is 0 Å². The molecule has 0 radical (unpaired) electrons. The minimum absolute atomic E-state index is 0.131. The van der Waals surface area contributed by atoms with Gasteiger partial charge in [-0.3, -0.25) is 4.84 Å². The van der Waals surface area contributed by atoms with Crippen molar-refractivity contribution in [2.75, 3.05) is 6.61 Å². The van der Waals surface area contributed by atoms with Crippen molar-refractivity contribution in [3.8, 4) is 0 Å². The smallest absolute Gasteiger partial charge is 0.0967 e. The summed E-state index contributed by atoms with van der Waals surface area (Å²) < 4.78 is 0. The van der Waals surface area contributed by atoms with Gasteiger partial charge in [0.1, 0.15) is 0 Å². The van der Waals surface area contributed by atoms with Crippen LogP contribution in [0.15, 0.2) is 0 Å². The van der Waals surface area contributed by atoms with Crippen LogP contribution < -0.4 is 0 Å². The summed E-state index contributed by atoms with van der Waals surface area (Å²) in [7, 11) is 0. The molecule has 2 N–H and O–H groups in total. The molecule has 0 saturated carbocycles. The first-order valence-corrected chi connectivity index (χ1v) is 6.30. The first-order valence-electron chi connectivity index (χ1n) is 6.30. The van der Waals surface area contributed by atoms with Gasteiger partial charge in [0, 0.05) is 5.54 Å². The molecule has 0 amide bonds. The second-order valence-electron chi connectivity index (χ2n) is 6.90. The third-order valence-electron chi connectivity index (χ3n) is 3.47. The van der Waals surface area contributed by atoms with E-state index >= 15 is 0 Å². The van der Waals surface area contributed by atoms with E-state index in [1.54, 1.807) is 13.8 Å². The maximum atomic E-state index is 10.1. The molecule has 1 rings (SSSR count). The van der Waals surface area contributed by atoms with E-state index in [1.807, 2.05) is 18.9 Å². The molecule has 0 aromatic rings. The van der Waals surface area contributed by atoms with E-state index in [0.717, 1.165) is 12.8 Å². The Hall–Kier alpha value is -0.160. The zero-order chi connectivity index (χ0) is 13.5. The van der Waals surface area contributed by atoms with E-state index in [9.17, 15) is 10.2 Å². The van der Waals surface area contributed by atoms with E-state index in [0.29, 0.717) is 0 Å². The molecule has 102 valence electrons. The summed E-state index contributed by atoms with van der Waals surface area (Å²) in [6.45, 7) is 11.8. The van der Waals surface area contributed by atoms with Crippen LogP contribution in [0.5, 0.6) is 0 Å². The van der Waals surface area contributed by atoms with E-state index in [1.165, 1.54) is 0 Å². The molecule has 0 aliphatic carbocycles. The Labute approximate surface area is 105 Å². The monoisotopic (exact) mass is 245 g/mol. The van der Waals surface area contributed by atoms with Crippen LogP contribution in [-0.2, 0) is 4.84 Å². The normalized spacial score (nSPS) is 29.3. The van der Waals surface area contributed by atoms with Crippen molar-refractivity contribution in [3.63, 3.8) is 0 Å². The zero-order valence-electron chi connectivity index (χ0n) is 11.9. The van der Waals surface area contributed by atoms with Crippen LogP contribution in [0.25, 0.3) is 0 Å². The second-order valence-corrected chi connectivity index (χ2v) is 6.90. The molecular formula is C13H27NO3. The topological polar surface area (TPSA) is 52.9 Å². The lowest BCUT2D eigenvalue weighted by Crippen LogP contribution is -2.64. The minimum atomic E-state index is -0.867. The number of hydroxylamine groups is 2. The van der Waals surface area contributed by atoms with Gasteiger partial charge < -0.3 is 10.2 Å². The van der Waals surface area contributed by atoms with E-state index in [2.05, 4.69) is 13.8 Å². The van der Waals surface area contributed by atoms with E-state index in [-0.39, 0.29) is 12.1 Å². The highest BCUT2D eigenvalue weighted by atomic mass is 16.7. The van der Waals surface area contributed by atoms with Crippen molar-refractivity contribution < 1.29 is 15.1 Å². The Balaban J connectivity index is 2.82. The summed E-state index contributed by atoms with van der Waals surface area (Å²) in [6.07, 6.45) is 1.25. The third-order valence-corrected chi connectivity index (χ3v) is 3.47. The molecule has 1 heterocycles. The molecular weight excluding hydrogens is 218 g/mol. The lowest BCUT2D eigenvalue weighted by Gasteiger charge is -2.53. The lowest BCUT2D eigenvalue weighted by molar-refractivity contribution is -0.315. The van der Waals surface area contributed by atoms with Gasteiger partial charge >= 0.3 is 0 Å².